The molecule has 174 valence electrons. The van der Waals surface area contributed by atoms with Gasteiger partial charge in [-0.15, -0.1) is 0 Å². The maximum Gasteiger partial charge on any atom is 0.247 e. The number of nitrogens with one attached hydrogen (secondary N) is 1. The molecule has 3 aromatic rings. The minimum atomic E-state index is -4.09. The standard InChI is InChI=1S/C24H25ClN2O5S/c1-17-9-11-22(32-3)23(13-17)33(29,30)27(15-18-7-5-4-6-8-18)16-24(28)26-20-14-19(25)10-12-21(20)31-2/h4-14H,15-16H2,1-3H3,(H,26,28). The Kier molecular flexibility index (Phi) is 7.97. The summed E-state index contributed by atoms with van der Waals surface area (Å²) < 4.78 is 39.0. The Bertz CT molecular complexity index is 1230. The summed E-state index contributed by atoms with van der Waals surface area (Å²) in [6.45, 7) is 1.36. The van der Waals surface area contributed by atoms with Crippen molar-refractivity contribution in [2.75, 3.05) is 26.1 Å². The Balaban J connectivity index is 1.96. The molecule has 7 nitrogen and oxygen atoms in total. The van der Waals surface area contributed by atoms with Crippen LogP contribution in [0.3, 0.4) is 0 Å². The maximum atomic E-state index is 13.7. The number of rotatable bonds is 9. The third-order valence-corrected chi connectivity index (χ3v) is 6.94. The molecule has 9 heteroatoms. The number of hydrogen-bond donors (Lipinski definition) is 1. The highest BCUT2D eigenvalue weighted by Crippen LogP contribution is 2.30. The van der Waals surface area contributed by atoms with Crippen LogP contribution in [-0.4, -0.2) is 39.4 Å². The van der Waals surface area contributed by atoms with Gasteiger partial charge in [0.05, 0.1) is 26.5 Å². The van der Waals surface area contributed by atoms with Gasteiger partial charge < -0.3 is 14.8 Å². The number of nitrogens with zero attached hydrogens (tertiary/aromatic N) is 1. The number of sulfonamides is 1. The SMILES string of the molecule is COc1ccc(Cl)cc1NC(=O)CN(Cc1ccccc1)S(=O)(=O)c1cc(C)ccc1OC. The van der Waals surface area contributed by atoms with Gasteiger partial charge in [-0.1, -0.05) is 48.0 Å². The summed E-state index contributed by atoms with van der Waals surface area (Å²) in [6.07, 6.45) is 0. The van der Waals surface area contributed by atoms with E-state index in [9.17, 15) is 13.2 Å². The van der Waals surface area contributed by atoms with E-state index in [0.717, 1.165) is 15.4 Å². The summed E-state index contributed by atoms with van der Waals surface area (Å²) in [6, 6.07) is 18.7. The molecule has 0 bridgehead atoms. The molecule has 3 aromatic carbocycles. The van der Waals surface area contributed by atoms with Crippen LogP contribution >= 0.6 is 11.6 Å². The normalized spacial score (nSPS) is 11.3. The molecule has 0 saturated heterocycles. The van der Waals surface area contributed by atoms with Crippen LogP contribution in [-0.2, 0) is 21.4 Å². The number of amides is 1. The first-order valence-corrected chi connectivity index (χ1v) is 11.9. The molecule has 0 unspecified atom stereocenters. The monoisotopic (exact) mass is 488 g/mol. The van der Waals surface area contributed by atoms with Crippen LogP contribution in [0.2, 0.25) is 5.02 Å². The number of anilines is 1. The van der Waals surface area contributed by atoms with Crippen molar-refractivity contribution in [3.63, 3.8) is 0 Å². The van der Waals surface area contributed by atoms with E-state index in [-0.39, 0.29) is 17.2 Å². The van der Waals surface area contributed by atoms with Gasteiger partial charge in [0.1, 0.15) is 16.4 Å². The predicted octanol–water partition coefficient (Wildman–Crippen LogP) is 4.50. The largest absolute Gasteiger partial charge is 0.495 e. The first kappa shape index (κ1) is 24.6. The average Bonchev–Trinajstić information content (AvgIpc) is 2.79. The molecule has 0 heterocycles. The van der Waals surface area contributed by atoms with E-state index in [2.05, 4.69) is 5.32 Å². The van der Waals surface area contributed by atoms with Gasteiger partial charge in [0.15, 0.2) is 0 Å². The van der Waals surface area contributed by atoms with Gasteiger partial charge in [-0.3, -0.25) is 4.79 Å². The van der Waals surface area contributed by atoms with Crippen molar-refractivity contribution in [3.8, 4) is 11.5 Å². The van der Waals surface area contributed by atoms with E-state index in [4.69, 9.17) is 21.1 Å². The van der Waals surface area contributed by atoms with E-state index in [1.54, 1.807) is 43.3 Å². The second-order valence-electron chi connectivity index (χ2n) is 7.31. The van der Waals surface area contributed by atoms with Crippen molar-refractivity contribution in [2.45, 2.75) is 18.4 Å². The molecule has 1 N–H and O–H groups in total. The van der Waals surface area contributed by atoms with Gasteiger partial charge in [0, 0.05) is 11.6 Å². The van der Waals surface area contributed by atoms with Crippen LogP contribution in [0.4, 0.5) is 5.69 Å². The van der Waals surface area contributed by atoms with E-state index in [1.165, 1.54) is 26.4 Å². The smallest absolute Gasteiger partial charge is 0.247 e. The zero-order chi connectivity index (χ0) is 24.0. The molecular formula is C24H25ClN2O5S. The molecule has 0 radical (unpaired) electrons. The molecule has 0 saturated carbocycles. The number of carbonyl (C=O) groups excluding carboxylic acids is 1. The summed E-state index contributed by atoms with van der Waals surface area (Å²) in [4.78, 5) is 12.9. The lowest BCUT2D eigenvalue weighted by Gasteiger charge is -2.23. The number of ether oxygens (including phenoxy) is 2. The lowest BCUT2D eigenvalue weighted by Crippen LogP contribution is -2.37. The Hall–Kier alpha value is -3.07. The molecule has 0 fully saturated rings. The van der Waals surface area contributed by atoms with Crippen molar-refractivity contribution in [1.82, 2.24) is 4.31 Å². The molecule has 0 aliphatic rings. The van der Waals surface area contributed by atoms with Gasteiger partial charge in [0.2, 0.25) is 15.9 Å². The third-order valence-electron chi connectivity index (χ3n) is 4.89. The molecule has 1 amide bonds. The second kappa shape index (κ2) is 10.7. The number of carbonyl (C=O) groups is 1. The number of benzene rings is 3. The van der Waals surface area contributed by atoms with Crippen molar-refractivity contribution >= 4 is 33.2 Å². The Morgan fingerprint density at radius 1 is 0.970 bits per heavy atom. The fourth-order valence-electron chi connectivity index (χ4n) is 3.27. The topological polar surface area (TPSA) is 84.9 Å². The van der Waals surface area contributed by atoms with Crippen molar-refractivity contribution in [1.29, 1.82) is 0 Å². The molecule has 0 aliphatic carbocycles. The Morgan fingerprint density at radius 2 is 1.64 bits per heavy atom. The Labute approximate surface area is 198 Å². The van der Waals surface area contributed by atoms with Crippen LogP contribution in [0, 0.1) is 6.92 Å². The third kappa shape index (κ3) is 6.04. The van der Waals surface area contributed by atoms with E-state index >= 15 is 0 Å². The zero-order valence-corrected chi connectivity index (χ0v) is 20.1. The number of aryl methyl sites for hydroxylation is 1. The number of hydrogen-bond acceptors (Lipinski definition) is 5. The summed E-state index contributed by atoms with van der Waals surface area (Å²) in [5.41, 5.74) is 1.84. The molecular weight excluding hydrogens is 464 g/mol. The predicted molar refractivity (Wildman–Crippen MR) is 128 cm³/mol. The van der Waals surface area contributed by atoms with Crippen molar-refractivity contribution < 1.29 is 22.7 Å². The molecule has 0 aromatic heterocycles. The minimum Gasteiger partial charge on any atom is -0.495 e. The highest BCUT2D eigenvalue weighted by atomic mass is 35.5. The first-order valence-electron chi connectivity index (χ1n) is 10.1. The lowest BCUT2D eigenvalue weighted by atomic mass is 10.2. The van der Waals surface area contributed by atoms with Crippen LogP contribution in [0.5, 0.6) is 11.5 Å². The molecule has 33 heavy (non-hydrogen) atoms. The summed E-state index contributed by atoms with van der Waals surface area (Å²) in [5, 5.41) is 3.10. The summed E-state index contributed by atoms with van der Waals surface area (Å²) in [5.74, 6) is 0.0721. The van der Waals surface area contributed by atoms with Gasteiger partial charge in [-0.25, -0.2) is 8.42 Å². The highest BCUT2D eigenvalue weighted by Gasteiger charge is 2.30. The molecule has 0 spiro atoms. The quantitative estimate of drug-likeness (QED) is 0.479. The fraction of sp³-hybridized carbons (Fsp3) is 0.208. The van der Waals surface area contributed by atoms with Crippen LogP contribution < -0.4 is 14.8 Å². The van der Waals surface area contributed by atoms with E-state index in [1.807, 2.05) is 18.2 Å². The van der Waals surface area contributed by atoms with Crippen molar-refractivity contribution in [2.24, 2.45) is 0 Å². The lowest BCUT2D eigenvalue weighted by molar-refractivity contribution is -0.116. The second-order valence-corrected chi connectivity index (χ2v) is 9.65. The van der Waals surface area contributed by atoms with Crippen molar-refractivity contribution in [3.05, 3.63) is 82.9 Å². The zero-order valence-electron chi connectivity index (χ0n) is 18.5. The minimum absolute atomic E-state index is 0.000367. The molecule has 0 aliphatic heterocycles. The van der Waals surface area contributed by atoms with Crippen LogP contribution in [0.1, 0.15) is 11.1 Å². The Morgan fingerprint density at radius 3 is 2.30 bits per heavy atom. The molecule has 3 rings (SSSR count). The van der Waals surface area contributed by atoms with E-state index in [0.29, 0.717) is 16.5 Å². The highest BCUT2D eigenvalue weighted by molar-refractivity contribution is 7.89. The number of methoxy groups -OCH3 is 2. The maximum absolute atomic E-state index is 13.7. The fourth-order valence-corrected chi connectivity index (χ4v) is 5.06. The van der Waals surface area contributed by atoms with Crippen LogP contribution in [0.15, 0.2) is 71.6 Å². The molecule has 0 atom stereocenters. The van der Waals surface area contributed by atoms with Gasteiger partial charge in [-0.05, 0) is 48.4 Å². The van der Waals surface area contributed by atoms with E-state index < -0.39 is 22.5 Å². The van der Waals surface area contributed by atoms with Gasteiger partial charge >= 0.3 is 0 Å². The first-order chi connectivity index (χ1) is 15.7. The number of halogens is 1. The average molecular weight is 489 g/mol. The summed E-state index contributed by atoms with van der Waals surface area (Å²) >= 11 is 6.04. The summed E-state index contributed by atoms with van der Waals surface area (Å²) in [7, 11) is -1.21. The van der Waals surface area contributed by atoms with Gasteiger partial charge in [0.25, 0.3) is 0 Å². The van der Waals surface area contributed by atoms with Crippen LogP contribution in [0.25, 0.3) is 0 Å². The van der Waals surface area contributed by atoms with Gasteiger partial charge in [-0.2, -0.15) is 4.31 Å².